The lowest BCUT2D eigenvalue weighted by Gasteiger charge is -2.06. The summed E-state index contributed by atoms with van der Waals surface area (Å²) in [4.78, 5) is 32.0. The number of nitrogens with zero attached hydrogens (tertiary/aromatic N) is 2. The van der Waals surface area contributed by atoms with Crippen molar-refractivity contribution < 1.29 is 18.7 Å². The Morgan fingerprint density at radius 3 is 2.42 bits per heavy atom. The van der Waals surface area contributed by atoms with E-state index in [1.165, 1.54) is 25.6 Å². The lowest BCUT2D eigenvalue weighted by molar-refractivity contribution is 0.0600. The molecule has 7 nitrogen and oxygen atoms in total. The van der Waals surface area contributed by atoms with Gasteiger partial charge < -0.3 is 14.5 Å². The monoisotopic (exact) mass is 325 g/mol. The van der Waals surface area contributed by atoms with Gasteiger partial charge in [0, 0.05) is 11.1 Å². The summed E-state index contributed by atoms with van der Waals surface area (Å²) in [6, 6.07) is 6.16. The summed E-state index contributed by atoms with van der Waals surface area (Å²) >= 11 is 0. The van der Waals surface area contributed by atoms with Crippen LogP contribution in [0.2, 0.25) is 0 Å². The molecule has 0 saturated carbocycles. The Morgan fingerprint density at radius 2 is 1.75 bits per heavy atom. The van der Waals surface area contributed by atoms with Crippen molar-refractivity contribution in [3.05, 3.63) is 53.0 Å². The number of rotatable bonds is 3. The van der Waals surface area contributed by atoms with Crippen molar-refractivity contribution in [2.24, 2.45) is 0 Å². The maximum absolute atomic E-state index is 12.4. The Hall–Kier alpha value is -3.22. The summed E-state index contributed by atoms with van der Waals surface area (Å²) in [5.74, 6) is 0.313. The molecule has 1 aromatic carbocycles. The van der Waals surface area contributed by atoms with Gasteiger partial charge in [-0.2, -0.15) is 0 Å². The first-order chi connectivity index (χ1) is 11.5. The largest absolute Gasteiger partial charge is 0.465 e. The number of methoxy groups -OCH3 is 1. The van der Waals surface area contributed by atoms with Gasteiger partial charge in [0.05, 0.1) is 18.1 Å². The minimum absolute atomic E-state index is 0.343. The van der Waals surface area contributed by atoms with Crippen LogP contribution in [0.4, 0.5) is 5.82 Å². The Morgan fingerprint density at radius 1 is 1.08 bits per heavy atom. The molecule has 0 aliphatic carbocycles. The fourth-order valence-electron chi connectivity index (χ4n) is 2.33. The highest BCUT2D eigenvalue weighted by atomic mass is 16.5. The van der Waals surface area contributed by atoms with Crippen molar-refractivity contribution in [1.82, 2.24) is 9.97 Å². The van der Waals surface area contributed by atoms with Crippen LogP contribution in [0.25, 0.3) is 11.1 Å². The van der Waals surface area contributed by atoms with Crippen molar-refractivity contribution >= 4 is 28.8 Å². The van der Waals surface area contributed by atoms with Crippen molar-refractivity contribution in [3.63, 3.8) is 0 Å². The molecule has 24 heavy (non-hydrogen) atoms. The normalized spacial score (nSPS) is 10.6. The predicted molar refractivity (Wildman–Crippen MR) is 87.0 cm³/mol. The minimum Gasteiger partial charge on any atom is -0.465 e. The maximum atomic E-state index is 12.4. The van der Waals surface area contributed by atoms with Crippen LogP contribution in [0.3, 0.4) is 0 Å². The number of furan rings is 1. The molecular formula is C17H15N3O4. The molecule has 7 heteroatoms. The summed E-state index contributed by atoms with van der Waals surface area (Å²) in [7, 11) is 1.30. The SMILES string of the molecule is COC(=O)c1ccc(C(=O)Nc2ncnc3oc(C)c(C)c23)cc1. The molecule has 0 atom stereocenters. The summed E-state index contributed by atoms with van der Waals surface area (Å²) in [6.07, 6.45) is 1.33. The number of hydrogen-bond acceptors (Lipinski definition) is 6. The predicted octanol–water partition coefficient (Wildman–Crippen LogP) is 2.88. The van der Waals surface area contributed by atoms with E-state index >= 15 is 0 Å². The molecule has 2 aromatic heterocycles. The number of ether oxygens (including phenoxy) is 1. The van der Waals surface area contributed by atoms with Gasteiger partial charge in [-0.25, -0.2) is 14.8 Å². The number of nitrogens with one attached hydrogen (secondary N) is 1. The van der Waals surface area contributed by atoms with E-state index in [9.17, 15) is 9.59 Å². The number of carbonyl (C=O) groups is 2. The zero-order chi connectivity index (χ0) is 17.3. The number of fused-ring (bicyclic) bond motifs is 1. The molecule has 3 rings (SSSR count). The van der Waals surface area contributed by atoms with Gasteiger partial charge in [-0.05, 0) is 38.1 Å². The lowest BCUT2D eigenvalue weighted by atomic mass is 10.1. The van der Waals surface area contributed by atoms with Crippen molar-refractivity contribution in [2.75, 3.05) is 12.4 Å². The summed E-state index contributed by atoms with van der Waals surface area (Å²) in [5, 5.41) is 3.43. The van der Waals surface area contributed by atoms with Crippen LogP contribution in [0.15, 0.2) is 35.0 Å². The summed E-state index contributed by atoms with van der Waals surface area (Å²) < 4.78 is 10.2. The number of benzene rings is 1. The van der Waals surface area contributed by atoms with Crippen molar-refractivity contribution in [3.8, 4) is 0 Å². The molecular weight excluding hydrogens is 310 g/mol. The van der Waals surface area contributed by atoms with Gasteiger partial charge in [0.2, 0.25) is 5.71 Å². The maximum Gasteiger partial charge on any atom is 0.337 e. The van der Waals surface area contributed by atoms with Crippen LogP contribution < -0.4 is 5.32 Å². The second-order valence-corrected chi connectivity index (χ2v) is 5.21. The highest BCUT2D eigenvalue weighted by Crippen LogP contribution is 2.28. The zero-order valence-corrected chi connectivity index (χ0v) is 13.4. The second kappa shape index (κ2) is 6.11. The molecule has 0 spiro atoms. The molecule has 0 radical (unpaired) electrons. The van der Waals surface area contributed by atoms with E-state index in [-0.39, 0.29) is 5.91 Å². The van der Waals surface area contributed by atoms with Gasteiger partial charge in [-0.3, -0.25) is 4.79 Å². The van der Waals surface area contributed by atoms with Gasteiger partial charge in [-0.1, -0.05) is 0 Å². The first-order valence-corrected chi connectivity index (χ1v) is 7.21. The van der Waals surface area contributed by atoms with Crippen molar-refractivity contribution in [2.45, 2.75) is 13.8 Å². The third-order valence-corrected chi connectivity index (χ3v) is 3.77. The van der Waals surface area contributed by atoms with Gasteiger partial charge in [0.1, 0.15) is 17.9 Å². The minimum atomic E-state index is -0.455. The Kier molecular flexibility index (Phi) is 3.99. The van der Waals surface area contributed by atoms with Gasteiger partial charge >= 0.3 is 5.97 Å². The topological polar surface area (TPSA) is 94.3 Å². The van der Waals surface area contributed by atoms with Crippen molar-refractivity contribution in [1.29, 1.82) is 0 Å². The van der Waals surface area contributed by atoms with E-state index in [1.807, 2.05) is 13.8 Å². The van der Waals surface area contributed by atoms with Crippen LogP contribution in [0.5, 0.6) is 0 Å². The first kappa shape index (κ1) is 15.7. The molecule has 1 N–H and O–H groups in total. The first-order valence-electron chi connectivity index (χ1n) is 7.21. The molecule has 0 aliphatic rings. The third-order valence-electron chi connectivity index (χ3n) is 3.77. The molecule has 3 aromatic rings. The number of esters is 1. The molecule has 0 saturated heterocycles. The van der Waals surface area contributed by atoms with Gasteiger partial charge in [0.25, 0.3) is 5.91 Å². The highest BCUT2D eigenvalue weighted by molar-refractivity contribution is 6.08. The smallest absolute Gasteiger partial charge is 0.337 e. The molecule has 122 valence electrons. The van der Waals surface area contributed by atoms with Crippen LogP contribution >= 0.6 is 0 Å². The highest BCUT2D eigenvalue weighted by Gasteiger charge is 2.16. The van der Waals surface area contributed by atoms with E-state index in [1.54, 1.807) is 12.1 Å². The molecule has 1 amide bonds. The molecule has 0 bridgehead atoms. The average Bonchev–Trinajstić information content (AvgIpc) is 2.89. The van der Waals surface area contributed by atoms with E-state index in [2.05, 4.69) is 20.0 Å². The summed E-state index contributed by atoms with van der Waals surface area (Å²) in [5.41, 5.74) is 2.07. The van der Waals surface area contributed by atoms with Crippen LogP contribution in [0.1, 0.15) is 32.0 Å². The fourth-order valence-corrected chi connectivity index (χ4v) is 2.33. The Balaban J connectivity index is 1.89. The zero-order valence-electron chi connectivity index (χ0n) is 13.4. The van der Waals surface area contributed by atoms with E-state index in [0.29, 0.717) is 28.0 Å². The van der Waals surface area contributed by atoms with E-state index in [4.69, 9.17) is 4.42 Å². The number of hydrogen-bond donors (Lipinski definition) is 1. The van der Waals surface area contributed by atoms with Gasteiger partial charge in [0.15, 0.2) is 0 Å². The number of carbonyl (C=O) groups excluding carboxylic acids is 2. The number of anilines is 1. The molecule has 0 aliphatic heterocycles. The van der Waals surface area contributed by atoms with Crippen LogP contribution in [0, 0.1) is 13.8 Å². The lowest BCUT2D eigenvalue weighted by Crippen LogP contribution is -2.14. The van der Waals surface area contributed by atoms with E-state index in [0.717, 1.165) is 11.3 Å². The molecule has 0 unspecified atom stereocenters. The third kappa shape index (κ3) is 2.71. The Labute approximate surface area is 137 Å². The standard InChI is InChI=1S/C17H15N3O4/c1-9-10(2)24-16-13(9)14(18-8-19-16)20-15(21)11-4-6-12(7-5-11)17(22)23-3/h4-8H,1-3H3,(H,18,19,20,21). The van der Waals surface area contributed by atoms with Crippen LogP contribution in [-0.4, -0.2) is 29.0 Å². The number of aromatic nitrogens is 2. The summed E-state index contributed by atoms with van der Waals surface area (Å²) in [6.45, 7) is 3.71. The average molecular weight is 325 g/mol. The number of aryl methyl sites for hydroxylation is 2. The molecule has 2 heterocycles. The molecule has 0 fully saturated rings. The van der Waals surface area contributed by atoms with E-state index < -0.39 is 5.97 Å². The Bertz CT molecular complexity index is 929. The quantitative estimate of drug-likeness (QED) is 0.744. The fraction of sp³-hybridized carbons (Fsp3) is 0.176. The second-order valence-electron chi connectivity index (χ2n) is 5.21. The van der Waals surface area contributed by atoms with Gasteiger partial charge in [-0.15, -0.1) is 0 Å². The van der Waals surface area contributed by atoms with Crippen LogP contribution in [-0.2, 0) is 4.74 Å². The number of amides is 1.